The number of rotatable bonds is 1. The summed E-state index contributed by atoms with van der Waals surface area (Å²) in [5.41, 5.74) is 5.94. The molecule has 0 aromatic heterocycles. The van der Waals surface area contributed by atoms with Crippen molar-refractivity contribution < 1.29 is 0 Å². The van der Waals surface area contributed by atoms with Gasteiger partial charge in [-0.25, -0.2) is 0 Å². The van der Waals surface area contributed by atoms with Gasteiger partial charge in [0, 0.05) is 19.5 Å². The molecule has 2 heteroatoms. The molecule has 0 atom stereocenters. The van der Waals surface area contributed by atoms with Crippen molar-refractivity contribution in [3.05, 3.63) is 11.8 Å². The smallest absolute Gasteiger partial charge is 0.0577 e. The lowest BCUT2D eigenvalue weighted by Crippen LogP contribution is -1.86. The van der Waals surface area contributed by atoms with Gasteiger partial charge in [0.2, 0.25) is 0 Å². The summed E-state index contributed by atoms with van der Waals surface area (Å²) in [4.78, 5) is 3.75. The maximum absolute atomic E-state index is 5.19. The molecule has 0 aromatic rings. The zero-order chi connectivity index (χ0) is 7.11. The van der Waals surface area contributed by atoms with E-state index in [9.17, 15) is 0 Å². The Balaban J connectivity index is 4.13. The van der Waals surface area contributed by atoms with Crippen LogP contribution in [0.25, 0.3) is 0 Å². The first-order valence-corrected chi connectivity index (χ1v) is 2.62. The van der Waals surface area contributed by atoms with Gasteiger partial charge in [0.25, 0.3) is 0 Å². The average molecular weight is 122 g/mol. The monoisotopic (exact) mass is 122 g/mol. The molecule has 0 fully saturated rings. The van der Waals surface area contributed by atoms with Gasteiger partial charge in [-0.15, -0.1) is 5.92 Å². The molecule has 0 aliphatic carbocycles. The second kappa shape index (κ2) is 4.92. The van der Waals surface area contributed by atoms with Crippen molar-refractivity contribution in [3.63, 3.8) is 0 Å². The molecule has 0 heterocycles. The summed E-state index contributed by atoms with van der Waals surface area (Å²) >= 11 is 0. The lowest BCUT2D eigenvalue weighted by Gasteiger charge is -1.81. The fourth-order valence-corrected chi connectivity index (χ4v) is 0.400. The average Bonchev–Trinajstić information content (AvgIpc) is 1.88. The van der Waals surface area contributed by atoms with E-state index < -0.39 is 0 Å². The van der Waals surface area contributed by atoms with Gasteiger partial charge in [0.05, 0.1) is 5.57 Å². The van der Waals surface area contributed by atoms with Crippen LogP contribution in [0.15, 0.2) is 16.8 Å². The number of hydrogen-bond acceptors (Lipinski definition) is 2. The first-order valence-electron chi connectivity index (χ1n) is 2.62. The predicted molar refractivity (Wildman–Crippen MR) is 40.1 cm³/mol. The molecule has 9 heavy (non-hydrogen) atoms. The Morgan fingerprint density at radius 3 is 2.67 bits per heavy atom. The van der Waals surface area contributed by atoms with Gasteiger partial charge in [-0.05, 0) is 6.92 Å². The summed E-state index contributed by atoms with van der Waals surface area (Å²) < 4.78 is 0. The van der Waals surface area contributed by atoms with Crippen molar-refractivity contribution in [3.8, 4) is 11.8 Å². The molecule has 0 spiro atoms. The molecule has 0 aromatic carbocycles. The summed E-state index contributed by atoms with van der Waals surface area (Å²) in [7, 11) is 1.68. The standard InChI is InChI=1S/C7H10N2/c1-3-4-7(5-8)6-9-2/h5-6H,8H2,1-2H3. The Bertz CT molecular complexity index is 179. The number of aliphatic imine (C=N–C) groups is 1. The minimum atomic E-state index is 0.750. The highest BCUT2D eigenvalue weighted by Gasteiger charge is 1.78. The molecule has 2 nitrogen and oxygen atoms in total. The van der Waals surface area contributed by atoms with Crippen LogP contribution in [-0.4, -0.2) is 13.3 Å². The summed E-state index contributed by atoms with van der Waals surface area (Å²) in [6.07, 6.45) is 3.06. The molecule has 0 unspecified atom stereocenters. The number of hydrogen-bond donors (Lipinski definition) is 1. The largest absolute Gasteiger partial charge is 0.404 e. The fourth-order valence-electron chi connectivity index (χ4n) is 0.400. The molecule has 0 radical (unpaired) electrons. The van der Waals surface area contributed by atoms with Gasteiger partial charge in [-0.3, -0.25) is 4.99 Å². The molecular weight excluding hydrogens is 112 g/mol. The molecule has 0 rings (SSSR count). The Kier molecular flexibility index (Phi) is 4.25. The van der Waals surface area contributed by atoms with E-state index >= 15 is 0 Å². The number of nitrogens with zero attached hydrogens (tertiary/aromatic N) is 1. The first kappa shape index (κ1) is 7.77. The van der Waals surface area contributed by atoms with E-state index in [4.69, 9.17) is 5.73 Å². The number of allylic oxidation sites excluding steroid dienone is 1. The molecule has 2 N–H and O–H groups in total. The van der Waals surface area contributed by atoms with Gasteiger partial charge < -0.3 is 5.73 Å². The predicted octanol–water partition coefficient (Wildman–Crippen LogP) is 0.553. The highest BCUT2D eigenvalue weighted by molar-refractivity contribution is 5.84. The molecule has 0 aliphatic rings. The first-order chi connectivity index (χ1) is 4.35. The van der Waals surface area contributed by atoms with E-state index in [-0.39, 0.29) is 0 Å². The Morgan fingerprint density at radius 2 is 2.33 bits per heavy atom. The van der Waals surface area contributed by atoms with Crippen LogP contribution in [0.3, 0.4) is 0 Å². The topological polar surface area (TPSA) is 38.4 Å². The van der Waals surface area contributed by atoms with Gasteiger partial charge in [-0.2, -0.15) is 0 Å². The second-order valence-electron chi connectivity index (χ2n) is 1.38. The van der Waals surface area contributed by atoms with Crippen molar-refractivity contribution in [2.45, 2.75) is 6.92 Å². The van der Waals surface area contributed by atoms with Crippen molar-refractivity contribution in [2.24, 2.45) is 10.7 Å². The number of nitrogens with two attached hydrogens (primary N) is 1. The zero-order valence-electron chi connectivity index (χ0n) is 5.68. The maximum atomic E-state index is 5.19. The highest BCUT2D eigenvalue weighted by Crippen LogP contribution is 1.81. The van der Waals surface area contributed by atoms with E-state index in [1.165, 1.54) is 6.20 Å². The lowest BCUT2D eigenvalue weighted by molar-refractivity contribution is 1.46. The van der Waals surface area contributed by atoms with Crippen molar-refractivity contribution >= 4 is 6.21 Å². The minimum Gasteiger partial charge on any atom is -0.404 e. The van der Waals surface area contributed by atoms with E-state index in [1.54, 1.807) is 20.2 Å². The van der Waals surface area contributed by atoms with Crippen LogP contribution in [0.1, 0.15) is 6.92 Å². The molecule has 48 valence electrons. The zero-order valence-corrected chi connectivity index (χ0v) is 5.68. The summed E-state index contributed by atoms with van der Waals surface area (Å²) in [6, 6.07) is 0. The van der Waals surface area contributed by atoms with Crippen LogP contribution in [0.5, 0.6) is 0 Å². The molecule has 0 saturated carbocycles. The molecule has 0 saturated heterocycles. The van der Waals surface area contributed by atoms with E-state index in [1.807, 2.05) is 0 Å². The highest BCUT2D eigenvalue weighted by atomic mass is 14.6. The lowest BCUT2D eigenvalue weighted by atomic mass is 10.3. The van der Waals surface area contributed by atoms with Crippen molar-refractivity contribution in [2.75, 3.05) is 7.05 Å². The minimum absolute atomic E-state index is 0.750. The van der Waals surface area contributed by atoms with Crippen LogP contribution in [0, 0.1) is 11.8 Å². The third kappa shape index (κ3) is 3.36. The van der Waals surface area contributed by atoms with E-state index in [0.717, 1.165) is 5.57 Å². The summed E-state index contributed by atoms with van der Waals surface area (Å²) in [5, 5.41) is 0. The maximum Gasteiger partial charge on any atom is 0.0577 e. The molecule has 0 amide bonds. The Hall–Kier alpha value is -1.23. The van der Waals surface area contributed by atoms with Crippen molar-refractivity contribution in [1.82, 2.24) is 0 Å². The fraction of sp³-hybridized carbons (Fsp3) is 0.286. The van der Waals surface area contributed by atoms with Gasteiger partial charge in [-0.1, -0.05) is 5.92 Å². The SMILES string of the molecule is CC#CC(C=NC)=CN. The van der Waals surface area contributed by atoms with Crippen LogP contribution in [-0.2, 0) is 0 Å². The Labute approximate surface area is 55.5 Å². The quantitative estimate of drug-likeness (QED) is 0.400. The van der Waals surface area contributed by atoms with Gasteiger partial charge >= 0.3 is 0 Å². The van der Waals surface area contributed by atoms with Crippen LogP contribution in [0.2, 0.25) is 0 Å². The van der Waals surface area contributed by atoms with Crippen LogP contribution >= 0.6 is 0 Å². The van der Waals surface area contributed by atoms with Crippen LogP contribution < -0.4 is 5.73 Å². The van der Waals surface area contributed by atoms with E-state index in [0.29, 0.717) is 0 Å². The molecule has 0 aliphatic heterocycles. The van der Waals surface area contributed by atoms with E-state index in [2.05, 4.69) is 16.8 Å². The summed E-state index contributed by atoms with van der Waals surface area (Å²) in [5.74, 6) is 5.48. The second-order valence-corrected chi connectivity index (χ2v) is 1.38. The van der Waals surface area contributed by atoms with Crippen molar-refractivity contribution in [1.29, 1.82) is 0 Å². The third-order valence-corrected chi connectivity index (χ3v) is 0.717. The van der Waals surface area contributed by atoms with Gasteiger partial charge in [0.1, 0.15) is 0 Å². The molecular formula is C7H10N2. The normalized spacial score (nSPS) is 11.1. The third-order valence-electron chi connectivity index (χ3n) is 0.717. The van der Waals surface area contributed by atoms with Crippen LogP contribution in [0.4, 0.5) is 0 Å². The molecule has 0 bridgehead atoms. The summed E-state index contributed by atoms with van der Waals surface area (Å²) in [6.45, 7) is 1.76. The Morgan fingerprint density at radius 1 is 1.67 bits per heavy atom. The van der Waals surface area contributed by atoms with Gasteiger partial charge in [0.15, 0.2) is 0 Å².